The molecule has 0 spiro atoms. The molecule has 1 aliphatic heterocycles. The number of carboxylic acids is 1. The van der Waals surface area contributed by atoms with Crippen molar-refractivity contribution in [1.82, 2.24) is 4.90 Å². The third-order valence-electron chi connectivity index (χ3n) is 5.88. The SMILES string of the molecule is CC(C)c1cccc(OCC(=O)N2CCC[C@@H](c3cccc(OC(C)(C)C(=O)O)c3)C2)c1. The van der Waals surface area contributed by atoms with Crippen molar-refractivity contribution >= 4 is 11.9 Å². The standard InChI is InChI=1S/C26H33NO5/c1-18(2)19-8-5-11-22(14-19)31-17-24(28)27-13-7-10-21(16-27)20-9-6-12-23(15-20)32-26(3,4)25(29)30/h5-6,8-9,11-12,14-15,18,21H,7,10,13,16-17H2,1-4H3,(H,29,30)/t21-/m1/s1. The van der Waals surface area contributed by atoms with E-state index in [9.17, 15) is 14.7 Å². The van der Waals surface area contributed by atoms with E-state index >= 15 is 0 Å². The van der Waals surface area contributed by atoms with Gasteiger partial charge >= 0.3 is 5.97 Å². The maximum absolute atomic E-state index is 12.8. The summed E-state index contributed by atoms with van der Waals surface area (Å²) in [5.74, 6) is 0.766. The highest BCUT2D eigenvalue weighted by atomic mass is 16.5. The van der Waals surface area contributed by atoms with E-state index in [4.69, 9.17) is 9.47 Å². The number of piperidine rings is 1. The molecule has 2 aromatic rings. The number of carbonyl (C=O) groups excluding carboxylic acids is 1. The van der Waals surface area contributed by atoms with Crippen LogP contribution in [0.25, 0.3) is 0 Å². The summed E-state index contributed by atoms with van der Waals surface area (Å²) >= 11 is 0. The molecule has 1 heterocycles. The molecule has 6 heteroatoms. The van der Waals surface area contributed by atoms with Gasteiger partial charge in [-0.3, -0.25) is 4.79 Å². The Bertz CT molecular complexity index is 953. The number of carboxylic acid groups (broad SMARTS) is 1. The van der Waals surface area contributed by atoms with Crippen LogP contribution in [0.4, 0.5) is 0 Å². The molecule has 0 radical (unpaired) electrons. The number of benzene rings is 2. The number of aliphatic carboxylic acids is 1. The number of ether oxygens (including phenoxy) is 2. The highest BCUT2D eigenvalue weighted by molar-refractivity contribution is 5.78. The summed E-state index contributed by atoms with van der Waals surface area (Å²) < 4.78 is 11.5. The maximum atomic E-state index is 12.8. The zero-order valence-corrected chi connectivity index (χ0v) is 19.3. The van der Waals surface area contributed by atoms with Gasteiger partial charge in [-0.2, -0.15) is 0 Å². The quantitative estimate of drug-likeness (QED) is 0.637. The Morgan fingerprint density at radius 2 is 1.84 bits per heavy atom. The maximum Gasteiger partial charge on any atom is 0.347 e. The van der Waals surface area contributed by atoms with Gasteiger partial charge in [-0.25, -0.2) is 4.79 Å². The average molecular weight is 440 g/mol. The zero-order valence-electron chi connectivity index (χ0n) is 19.3. The molecular weight excluding hydrogens is 406 g/mol. The molecule has 2 aromatic carbocycles. The topological polar surface area (TPSA) is 76.1 Å². The summed E-state index contributed by atoms with van der Waals surface area (Å²) in [5.41, 5.74) is 0.921. The van der Waals surface area contributed by atoms with Crippen LogP contribution in [0.5, 0.6) is 11.5 Å². The minimum Gasteiger partial charge on any atom is -0.484 e. The molecule has 1 atom stereocenters. The number of carbonyl (C=O) groups is 2. The van der Waals surface area contributed by atoms with Crippen molar-refractivity contribution < 1.29 is 24.2 Å². The fourth-order valence-electron chi connectivity index (χ4n) is 3.85. The summed E-state index contributed by atoms with van der Waals surface area (Å²) in [6.45, 7) is 8.65. The van der Waals surface area contributed by atoms with Crippen LogP contribution in [0.2, 0.25) is 0 Å². The van der Waals surface area contributed by atoms with Gasteiger partial charge in [-0.1, -0.05) is 38.1 Å². The van der Waals surface area contributed by atoms with E-state index in [0.29, 0.717) is 30.5 Å². The normalized spacial score (nSPS) is 16.7. The van der Waals surface area contributed by atoms with E-state index in [1.165, 1.54) is 19.4 Å². The van der Waals surface area contributed by atoms with Crippen molar-refractivity contribution in [3.05, 3.63) is 59.7 Å². The highest BCUT2D eigenvalue weighted by Gasteiger charge is 2.30. The lowest BCUT2D eigenvalue weighted by Crippen LogP contribution is -2.41. The number of hydrogen-bond acceptors (Lipinski definition) is 4. The van der Waals surface area contributed by atoms with Gasteiger partial charge in [0.2, 0.25) is 0 Å². The van der Waals surface area contributed by atoms with Crippen LogP contribution in [0, 0.1) is 0 Å². The van der Waals surface area contributed by atoms with Crippen LogP contribution in [0.1, 0.15) is 63.5 Å². The van der Waals surface area contributed by atoms with Gasteiger partial charge in [0.25, 0.3) is 5.91 Å². The lowest BCUT2D eigenvalue weighted by molar-refractivity contribution is -0.152. The van der Waals surface area contributed by atoms with Crippen molar-refractivity contribution in [2.75, 3.05) is 19.7 Å². The van der Waals surface area contributed by atoms with E-state index in [-0.39, 0.29) is 18.4 Å². The fraction of sp³-hybridized carbons (Fsp3) is 0.462. The van der Waals surface area contributed by atoms with E-state index in [0.717, 1.165) is 18.4 Å². The van der Waals surface area contributed by atoms with Crippen molar-refractivity contribution in [1.29, 1.82) is 0 Å². The number of rotatable bonds is 8. The van der Waals surface area contributed by atoms with Gasteiger partial charge < -0.3 is 19.5 Å². The predicted molar refractivity (Wildman–Crippen MR) is 123 cm³/mol. The second-order valence-corrected chi connectivity index (χ2v) is 9.18. The van der Waals surface area contributed by atoms with Crippen molar-refractivity contribution in [3.63, 3.8) is 0 Å². The molecule has 6 nitrogen and oxygen atoms in total. The number of likely N-dealkylation sites (tertiary alicyclic amines) is 1. The zero-order chi connectivity index (χ0) is 23.3. The van der Waals surface area contributed by atoms with Gasteiger partial charge in [0.1, 0.15) is 11.5 Å². The van der Waals surface area contributed by atoms with Crippen LogP contribution in [0.3, 0.4) is 0 Å². The monoisotopic (exact) mass is 439 g/mol. The van der Waals surface area contributed by atoms with Crippen LogP contribution in [0.15, 0.2) is 48.5 Å². The van der Waals surface area contributed by atoms with Crippen LogP contribution >= 0.6 is 0 Å². The molecule has 0 aliphatic carbocycles. The summed E-state index contributed by atoms with van der Waals surface area (Å²) in [6.07, 6.45) is 1.87. The number of amides is 1. The minimum atomic E-state index is -1.31. The number of nitrogens with zero attached hydrogens (tertiary/aromatic N) is 1. The highest BCUT2D eigenvalue weighted by Crippen LogP contribution is 2.30. The van der Waals surface area contributed by atoms with E-state index in [2.05, 4.69) is 19.9 Å². The van der Waals surface area contributed by atoms with Crippen molar-refractivity contribution in [2.24, 2.45) is 0 Å². The summed E-state index contributed by atoms with van der Waals surface area (Å²) in [4.78, 5) is 26.0. The Kier molecular flexibility index (Phi) is 7.44. The molecule has 1 amide bonds. The van der Waals surface area contributed by atoms with Crippen molar-refractivity contribution in [2.45, 2.75) is 58.0 Å². The summed E-state index contributed by atoms with van der Waals surface area (Å²) in [5, 5.41) is 9.31. The summed E-state index contributed by atoms with van der Waals surface area (Å²) in [7, 11) is 0. The Hall–Kier alpha value is -3.02. The van der Waals surface area contributed by atoms with Gasteiger partial charge in [-0.15, -0.1) is 0 Å². The minimum absolute atomic E-state index is 0.0181. The molecule has 1 N–H and O–H groups in total. The van der Waals surface area contributed by atoms with E-state index in [1.54, 1.807) is 6.07 Å². The molecular formula is C26H33NO5. The largest absolute Gasteiger partial charge is 0.484 e. The van der Waals surface area contributed by atoms with Gasteiger partial charge in [0.05, 0.1) is 0 Å². The molecule has 172 valence electrons. The molecule has 3 rings (SSSR count). The van der Waals surface area contributed by atoms with Gasteiger partial charge in [0, 0.05) is 19.0 Å². The van der Waals surface area contributed by atoms with Crippen molar-refractivity contribution in [3.8, 4) is 11.5 Å². The third-order valence-corrected chi connectivity index (χ3v) is 5.88. The molecule has 1 aliphatic rings. The van der Waals surface area contributed by atoms with Gasteiger partial charge in [-0.05, 0) is 68.0 Å². The van der Waals surface area contributed by atoms with Crippen LogP contribution in [-0.2, 0) is 9.59 Å². The smallest absolute Gasteiger partial charge is 0.347 e. The Morgan fingerprint density at radius 1 is 1.12 bits per heavy atom. The van der Waals surface area contributed by atoms with E-state index < -0.39 is 11.6 Å². The first kappa shape index (κ1) is 23.6. The molecule has 1 fully saturated rings. The second kappa shape index (κ2) is 10.1. The van der Waals surface area contributed by atoms with Crippen LogP contribution < -0.4 is 9.47 Å². The predicted octanol–water partition coefficient (Wildman–Crippen LogP) is 4.84. The molecule has 0 unspecified atom stereocenters. The molecule has 0 aromatic heterocycles. The molecule has 0 bridgehead atoms. The Balaban J connectivity index is 1.61. The summed E-state index contributed by atoms with van der Waals surface area (Å²) in [6, 6.07) is 15.4. The molecule has 1 saturated heterocycles. The first-order valence-electron chi connectivity index (χ1n) is 11.2. The molecule has 32 heavy (non-hydrogen) atoms. The van der Waals surface area contributed by atoms with E-state index in [1.807, 2.05) is 41.3 Å². The fourth-order valence-corrected chi connectivity index (χ4v) is 3.85. The first-order chi connectivity index (χ1) is 15.2. The molecule has 0 saturated carbocycles. The lowest BCUT2D eigenvalue weighted by Gasteiger charge is -2.33. The first-order valence-corrected chi connectivity index (χ1v) is 11.2. The average Bonchev–Trinajstić information content (AvgIpc) is 2.77. The second-order valence-electron chi connectivity index (χ2n) is 9.18. The number of hydrogen-bond donors (Lipinski definition) is 1. The third kappa shape index (κ3) is 6.02. The Morgan fingerprint density at radius 3 is 2.56 bits per heavy atom. The lowest BCUT2D eigenvalue weighted by atomic mass is 9.90. The van der Waals surface area contributed by atoms with Gasteiger partial charge in [0.15, 0.2) is 12.2 Å². The Labute approximate surface area is 190 Å². The van der Waals surface area contributed by atoms with Crippen LogP contribution in [-0.4, -0.2) is 47.2 Å².